The molecule has 2 aromatic carbocycles. The lowest BCUT2D eigenvalue weighted by Gasteiger charge is -2.09. The van der Waals surface area contributed by atoms with Crippen molar-refractivity contribution in [3.8, 4) is 22.8 Å². The van der Waals surface area contributed by atoms with Crippen LogP contribution < -0.4 is 10.2 Å². The molecule has 3 rings (SSSR count). The highest BCUT2D eigenvalue weighted by Gasteiger charge is 2.10. The highest BCUT2D eigenvalue weighted by atomic mass is 79.9. The van der Waals surface area contributed by atoms with E-state index in [4.69, 9.17) is 4.74 Å². The van der Waals surface area contributed by atoms with E-state index in [1.165, 1.54) is 19.2 Å². The quantitative estimate of drug-likeness (QED) is 0.639. The van der Waals surface area contributed by atoms with Crippen LogP contribution in [0.2, 0.25) is 0 Å². The van der Waals surface area contributed by atoms with Crippen LogP contribution in [0, 0.1) is 0 Å². The molecule has 1 heterocycles. The number of aromatic hydroxyl groups is 1. The van der Waals surface area contributed by atoms with Crippen molar-refractivity contribution < 1.29 is 9.84 Å². The Balaban J connectivity index is 2.27. The molecule has 0 bridgehead atoms. The van der Waals surface area contributed by atoms with Crippen molar-refractivity contribution >= 4 is 42.8 Å². The molecule has 1 aromatic heterocycles. The van der Waals surface area contributed by atoms with E-state index in [9.17, 15) is 9.90 Å². The molecule has 0 unspecified atom stereocenters. The maximum atomic E-state index is 12.4. The van der Waals surface area contributed by atoms with E-state index in [1.54, 1.807) is 18.2 Å². The third kappa shape index (κ3) is 2.64. The van der Waals surface area contributed by atoms with Crippen molar-refractivity contribution in [1.82, 2.24) is 4.98 Å². The van der Waals surface area contributed by atoms with Crippen LogP contribution in [0.5, 0.6) is 11.5 Å². The SMILES string of the molecule is COc1cc(-c2cc(=O)c3cc(Br)cc(Br)c3[nH]2)ccc1O. The maximum absolute atomic E-state index is 12.4. The summed E-state index contributed by atoms with van der Waals surface area (Å²) in [6, 6.07) is 10.1. The third-order valence-electron chi connectivity index (χ3n) is 3.35. The van der Waals surface area contributed by atoms with Crippen molar-refractivity contribution in [3.05, 3.63) is 55.6 Å². The average Bonchev–Trinajstić information content (AvgIpc) is 2.48. The second kappa shape index (κ2) is 5.78. The van der Waals surface area contributed by atoms with E-state index >= 15 is 0 Å². The molecule has 0 fully saturated rings. The van der Waals surface area contributed by atoms with Gasteiger partial charge in [0, 0.05) is 31.7 Å². The summed E-state index contributed by atoms with van der Waals surface area (Å²) in [5.74, 6) is 0.410. The number of methoxy groups -OCH3 is 1. The Morgan fingerprint density at radius 2 is 1.91 bits per heavy atom. The number of phenolic OH excluding ortho intramolecular Hbond substituents is 1. The molecule has 6 heteroatoms. The zero-order chi connectivity index (χ0) is 15.9. The highest BCUT2D eigenvalue weighted by Crippen LogP contribution is 2.32. The number of aromatic amines is 1. The Hall–Kier alpha value is -1.79. The van der Waals surface area contributed by atoms with Crippen molar-refractivity contribution in [2.75, 3.05) is 7.11 Å². The van der Waals surface area contributed by atoms with E-state index in [1.807, 2.05) is 6.07 Å². The Morgan fingerprint density at radius 3 is 2.64 bits per heavy atom. The van der Waals surface area contributed by atoms with Crippen LogP contribution in [-0.4, -0.2) is 17.2 Å². The molecule has 0 radical (unpaired) electrons. The number of phenols is 1. The van der Waals surface area contributed by atoms with Gasteiger partial charge >= 0.3 is 0 Å². The number of fused-ring (bicyclic) bond motifs is 1. The summed E-state index contributed by atoms with van der Waals surface area (Å²) in [5, 5.41) is 10.3. The second-order valence-corrected chi connectivity index (χ2v) is 6.51. The molecule has 0 aliphatic carbocycles. The Labute approximate surface area is 143 Å². The van der Waals surface area contributed by atoms with Crippen molar-refractivity contribution in [1.29, 1.82) is 0 Å². The van der Waals surface area contributed by atoms with Crippen LogP contribution in [0.3, 0.4) is 0 Å². The molecule has 0 atom stereocenters. The summed E-state index contributed by atoms with van der Waals surface area (Å²) in [6.07, 6.45) is 0. The normalized spacial score (nSPS) is 10.9. The fraction of sp³-hybridized carbons (Fsp3) is 0.0625. The van der Waals surface area contributed by atoms with E-state index in [0.29, 0.717) is 16.8 Å². The van der Waals surface area contributed by atoms with Gasteiger partial charge in [0.05, 0.1) is 12.6 Å². The fourth-order valence-corrected chi connectivity index (χ4v) is 3.60. The van der Waals surface area contributed by atoms with Gasteiger partial charge in [0.25, 0.3) is 0 Å². The predicted octanol–water partition coefficient (Wildman–Crippen LogP) is 4.43. The number of hydrogen-bond acceptors (Lipinski definition) is 3. The van der Waals surface area contributed by atoms with E-state index in [-0.39, 0.29) is 11.2 Å². The van der Waals surface area contributed by atoms with Gasteiger partial charge in [0.1, 0.15) is 0 Å². The van der Waals surface area contributed by atoms with Gasteiger partial charge < -0.3 is 14.8 Å². The van der Waals surface area contributed by atoms with Crippen molar-refractivity contribution in [2.24, 2.45) is 0 Å². The number of nitrogens with one attached hydrogen (secondary N) is 1. The number of ether oxygens (including phenoxy) is 1. The van der Waals surface area contributed by atoms with Gasteiger partial charge in [0.2, 0.25) is 0 Å². The van der Waals surface area contributed by atoms with Gasteiger partial charge in [-0.2, -0.15) is 0 Å². The number of pyridine rings is 1. The molecule has 0 amide bonds. The minimum atomic E-state index is -0.0854. The lowest BCUT2D eigenvalue weighted by molar-refractivity contribution is 0.373. The molecule has 22 heavy (non-hydrogen) atoms. The molecule has 0 aliphatic rings. The van der Waals surface area contributed by atoms with Crippen LogP contribution in [0.4, 0.5) is 0 Å². The number of rotatable bonds is 2. The Kier molecular flexibility index (Phi) is 3.97. The van der Waals surface area contributed by atoms with Crippen LogP contribution in [0.25, 0.3) is 22.2 Å². The van der Waals surface area contributed by atoms with Gasteiger partial charge in [-0.1, -0.05) is 15.9 Å². The van der Waals surface area contributed by atoms with Crippen molar-refractivity contribution in [2.45, 2.75) is 0 Å². The minimum Gasteiger partial charge on any atom is -0.504 e. The summed E-state index contributed by atoms with van der Waals surface area (Å²) < 4.78 is 6.73. The number of halogens is 2. The average molecular weight is 425 g/mol. The third-order valence-corrected chi connectivity index (χ3v) is 4.43. The number of H-pyrrole nitrogens is 1. The minimum absolute atomic E-state index is 0.0551. The second-order valence-electron chi connectivity index (χ2n) is 4.74. The highest BCUT2D eigenvalue weighted by molar-refractivity contribution is 9.11. The molecular weight excluding hydrogens is 414 g/mol. The molecule has 0 saturated heterocycles. The monoisotopic (exact) mass is 423 g/mol. The Bertz CT molecular complexity index is 935. The molecule has 0 saturated carbocycles. The maximum Gasteiger partial charge on any atom is 0.190 e. The molecule has 0 spiro atoms. The van der Waals surface area contributed by atoms with Gasteiger partial charge in [-0.15, -0.1) is 0 Å². The largest absolute Gasteiger partial charge is 0.504 e. The van der Waals surface area contributed by atoms with Crippen molar-refractivity contribution in [3.63, 3.8) is 0 Å². The van der Waals surface area contributed by atoms with Crippen LogP contribution >= 0.6 is 31.9 Å². The first-order valence-corrected chi connectivity index (χ1v) is 7.97. The van der Waals surface area contributed by atoms with E-state index < -0.39 is 0 Å². The number of benzene rings is 2. The first-order valence-electron chi connectivity index (χ1n) is 6.39. The van der Waals surface area contributed by atoms with E-state index in [2.05, 4.69) is 36.8 Å². The van der Waals surface area contributed by atoms with Gasteiger partial charge in [-0.05, 0) is 46.3 Å². The fourth-order valence-electron chi connectivity index (χ4n) is 2.28. The first-order chi connectivity index (χ1) is 10.5. The molecule has 3 aromatic rings. The Morgan fingerprint density at radius 1 is 1.14 bits per heavy atom. The van der Waals surface area contributed by atoms with Crippen LogP contribution in [-0.2, 0) is 0 Å². The summed E-state index contributed by atoms with van der Waals surface area (Å²) in [5.41, 5.74) is 2.04. The van der Waals surface area contributed by atoms with Gasteiger partial charge in [-0.3, -0.25) is 4.79 Å². The first kappa shape index (κ1) is 15.1. The predicted molar refractivity (Wildman–Crippen MR) is 93.6 cm³/mol. The molecule has 0 aliphatic heterocycles. The van der Waals surface area contributed by atoms with Crippen LogP contribution in [0.1, 0.15) is 0 Å². The number of aromatic nitrogens is 1. The van der Waals surface area contributed by atoms with Gasteiger partial charge in [-0.25, -0.2) is 0 Å². The zero-order valence-electron chi connectivity index (χ0n) is 11.5. The molecular formula is C16H11Br2NO3. The topological polar surface area (TPSA) is 62.3 Å². The van der Waals surface area contributed by atoms with Gasteiger partial charge in [0.15, 0.2) is 16.9 Å². The summed E-state index contributed by atoms with van der Waals surface area (Å²) >= 11 is 6.84. The molecule has 2 N–H and O–H groups in total. The molecule has 4 nitrogen and oxygen atoms in total. The zero-order valence-corrected chi connectivity index (χ0v) is 14.7. The van der Waals surface area contributed by atoms with Crippen LogP contribution in [0.15, 0.2) is 50.1 Å². The summed E-state index contributed by atoms with van der Waals surface area (Å²) in [6.45, 7) is 0. The van der Waals surface area contributed by atoms with E-state index in [0.717, 1.165) is 20.0 Å². The molecule has 112 valence electrons. The standard InChI is InChI=1S/C16H11Br2NO3/c1-22-15-4-8(2-3-13(15)20)12-7-14(21)10-5-9(17)6-11(18)16(10)19-12/h2-7,20H,1H3,(H,19,21). The number of hydrogen-bond donors (Lipinski definition) is 2. The lowest BCUT2D eigenvalue weighted by Crippen LogP contribution is -2.03. The summed E-state index contributed by atoms with van der Waals surface area (Å²) in [4.78, 5) is 15.6. The smallest absolute Gasteiger partial charge is 0.190 e. The summed E-state index contributed by atoms with van der Waals surface area (Å²) in [7, 11) is 1.48. The lowest BCUT2D eigenvalue weighted by atomic mass is 10.1.